The Morgan fingerprint density at radius 3 is 2.65 bits per heavy atom. The topological polar surface area (TPSA) is 94.6 Å². The SMILES string of the molecule is COc1ccc(S(N)(=O)=O)cc1NC(C)c1ccoc1. The van der Waals surface area contributed by atoms with Crippen LogP contribution in [0.4, 0.5) is 5.69 Å². The van der Waals surface area contributed by atoms with Crippen molar-refractivity contribution in [2.24, 2.45) is 5.14 Å². The minimum atomic E-state index is -3.75. The summed E-state index contributed by atoms with van der Waals surface area (Å²) in [5.74, 6) is 0.535. The number of nitrogens with one attached hydrogen (secondary N) is 1. The van der Waals surface area contributed by atoms with E-state index >= 15 is 0 Å². The van der Waals surface area contributed by atoms with Crippen molar-refractivity contribution < 1.29 is 17.6 Å². The maximum absolute atomic E-state index is 11.4. The molecule has 1 atom stereocenters. The van der Waals surface area contributed by atoms with Gasteiger partial charge in [0, 0.05) is 5.56 Å². The lowest BCUT2D eigenvalue weighted by Gasteiger charge is -2.17. The van der Waals surface area contributed by atoms with Gasteiger partial charge < -0.3 is 14.5 Å². The fraction of sp³-hybridized carbons (Fsp3) is 0.231. The minimum absolute atomic E-state index is 0.0280. The fourth-order valence-corrected chi connectivity index (χ4v) is 2.35. The summed E-state index contributed by atoms with van der Waals surface area (Å²) in [6.07, 6.45) is 3.19. The lowest BCUT2D eigenvalue weighted by molar-refractivity contribution is 0.415. The highest BCUT2D eigenvalue weighted by Gasteiger charge is 2.14. The molecule has 0 aliphatic rings. The zero-order chi connectivity index (χ0) is 14.8. The number of furan rings is 1. The van der Waals surface area contributed by atoms with Crippen molar-refractivity contribution in [3.8, 4) is 5.75 Å². The molecule has 0 bridgehead atoms. The van der Waals surface area contributed by atoms with Crippen molar-refractivity contribution >= 4 is 15.7 Å². The molecule has 108 valence electrons. The molecule has 0 radical (unpaired) electrons. The molecule has 3 N–H and O–H groups in total. The fourth-order valence-electron chi connectivity index (χ4n) is 1.81. The average Bonchev–Trinajstić information content (AvgIpc) is 2.91. The second-order valence-corrected chi connectivity index (χ2v) is 5.89. The van der Waals surface area contributed by atoms with E-state index in [-0.39, 0.29) is 10.9 Å². The van der Waals surface area contributed by atoms with Crippen molar-refractivity contribution in [3.63, 3.8) is 0 Å². The first-order valence-corrected chi connectivity index (χ1v) is 7.46. The Morgan fingerprint density at radius 2 is 2.10 bits per heavy atom. The monoisotopic (exact) mass is 296 g/mol. The van der Waals surface area contributed by atoms with Gasteiger partial charge in [-0.25, -0.2) is 13.6 Å². The van der Waals surface area contributed by atoms with Crippen molar-refractivity contribution in [1.29, 1.82) is 0 Å². The van der Waals surface area contributed by atoms with Gasteiger partial charge in [0.2, 0.25) is 10.0 Å². The highest BCUT2D eigenvalue weighted by Crippen LogP contribution is 2.30. The van der Waals surface area contributed by atoms with Crippen molar-refractivity contribution in [2.45, 2.75) is 17.9 Å². The molecule has 20 heavy (non-hydrogen) atoms. The quantitative estimate of drug-likeness (QED) is 0.881. The predicted octanol–water partition coefficient (Wildman–Crippen LogP) is 2.11. The molecular weight excluding hydrogens is 280 g/mol. The lowest BCUT2D eigenvalue weighted by atomic mass is 10.1. The standard InChI is InChI=1S/C13H16N2O4S/c1-9(10-5-6-19-8-10)15-12-7-11(20(14,16)17)3-4-13(12)18-2/h3-9,15H,1-2H3,(H2,14,16,17). The summed E-state index contributed by atoms with van der Waals surface area (Å²) in [4.78, 5) is 0.0280. The maximum Gasteiger partial charge on any atom is 0.238 e. The van der Waals surface area contributed by atoms with Gasteiger partial charge in [0.25, 0.3) is 0 Å². The van der Waals surface area contributed by atoms with E-state index in [4.69, 9.17) is 14.3 Å². The maximum atomic E-state index is 11.4. The van der Waals surface area contributed by atoms with Crippen LogP contribution in [0.5, 0.6) is 5.75 Å². The molecule has 1 aromatic carbocycles. The summed E-state index contributed by atoms with van der Waals surface area (Å²) >= 11 is 0. The van der Waals surface area contributed by atoms with Crippen LogP contribution in [0.3, 0.4) is 0 Å². The van der Waals surface area contributed by atoms with Gasteiger partial charge in [0.05, 0.1) is 36.3 Å². The first kappa shape index (κ1) is 14.4. The number of hydrogen-bond acceptors (Lipinski definition) is 5. The molecule has 2 rings (SSSR count). The average molecular weight is 296 g/mol. The smallest absolute Gasteiger partial charge is 0.238 e. The zero-order valence-corrected chi connectivity index (χ0v) is 12.0. The first-order chi connectivity index (χ1) is 9.41. The van der Waals surface area contributed by atoms with Gasteiger partial charge in [-0.15, -0.1) is 0 Å². The Hall–Kier alpha value is -1.99. The van der Waals surface area contributed by atoms with E-state index in [2.05, 4.69) is 5.32 Å². The van der Waals surface area contributed by atoms with Crippen LogP contribution >= 0.6 is 0 Å². The number of ether oxygens (including phenoxy) is 1. The van der Waals surface area contributed by atoms with Crippen molar-refractivity contribution in [1.82, 2.24) is 0 Å². The number of anilines is 1. The number of primary sulfonamides is 1. The van der Waals surface area contributed by atoms with Gasteiger partial charge in [0.15, 0.2) is 0 Å². The molecule has 0 amide bonds. The largest absolute Gasteiger partial charge is 0.495 e. The third-order valence-corrected chi connectivity index (χ3v) is 3.83. The summed E-state index contributed by atoms with van der Waals surface area (Å²) < 4.78 is 33.0. The molecule has 0 aliphatic carbocycles. The molecule has 0 saturated heterocycles. The minimum Gasteiger partial charge on any atom is -0.495 e. The van der Waals surface area contributed by atoms with Crippen LogP contribution in [0, 0.1) is 0 Å². The van der Waals surface area contributed by atoms with Crippen LogP contribution in [0.15, 0.2) is 46.1 Å². The summed E-state index contributed by atoms with van der Waals surface area (Å²) in [5, 5.41) is 8.30. The van der Waals surface area contributed by atoms with Gasteiger partial charge in [-0.2, -0.15) is 0 Å². The Kier molecular flexibility index (Phi) is 4.01. The zero-order valence-electron chi connectivity index (χ0n) is 11.2. The Bertz CT molecular complexity index is 680. The van der Waals surface area contributed by atoms with E-state index in [9.17, 15) is 8.42 Å². The van der Waals surface area contributed by atoms with E-state index < -0.39 is 10.0 Å². The summed E-state index contributed by atoms with van der Waals surface area (Å²) in [5.41, 5.74) is 1.49. The highest BCUT2D eigenvalue weighted by molar-refractivity contribution is 7.89. The summed E-state index contributed by atoms with van der Waals surface area (Å²) in [6.45, 7) is 1.92. The van der Waals surface area contributed by atoms with E-state index in [0.717, 1.165) is 5.56 Å². The molecule has 1 heterocycles. The number of rotatable bonds is 5. The van der Waals surface area contributed by atoms with Crippen LogP contribution in [0.2, 0.25) is 0 Å². The molecule has 6 nitrogen and oxygen atoms in total. The van der Waals surface area contributed by atoms with Crippen LogP contribution in [-0.2, 0) is 10.0 Å². The molecule has 0 spiro atoms. The van der Waals surface area contributed by atoms with Crippen LogP contribution in [-0.4, -0.2) is 15.5 Å². The first-order valence-electron chi connectivity index (χ1n) is 5.91. The predicted molar refractivity (Wildman–Crippen MR) is 75.1 cm³/mol. The van der Waals surface area contributed by atoms with E-state index in [1.54, 1.807) is 18.6 Å². The van der Waals surface area contributed by atoms with E-state index in [1.165, 1.54) is 19.2 Å². The Labute approximate surface area is 117 Å². The Balaban J connectivity index is 2.34. The third-order valence-electron chi connectivity index (χ3n) is 2.91. The molecule has 7 heteroatoms. The number of hydrogen-bond donors (Lipinski definition) is 2. The van der Waals surface area contributed by atoms with Crippen LogP contribution < -0.4 is 15.2 Å². The lowest BCUT2D eigenvalue weighted by Crippen LogP contribution is -2.13. The second kappa shape index (κ2) is 5.56. The van der Waals surface area contributed by atoms with Crippen LogP contribution in [0.25, 0.3) is 0 Å². The van der Waals surface area contributed by atoms with Crippen LogP contribution in [0.1, 0.15) is 18.5 Å². The molecule has 0 fully saturated rings. The highest BCUT2D eigenvalue weighted by atomic mass is 32.2. The van der Waals surface area contributed by atoms with Crippen molar-refractivity contribution in [3.05, 3.63) is 42.4 Å². The van der Waals surface area contributed by atoms with E-state index in [0.29, 0.717) is 11.4 Å². The van der Waals surface area contributed by atoms with E-state index in [1.807, 2.05) is 13.0 Å². The molecule has 1 aromatic heterocycles. The number of sulfonamides is 1. The van der Waals surface area contributed by atoms with Crippen molar-refractivity contribution in [2.75, 3.05) is 12.4 Å². The third kappa shape index (κ3) is 3.12. The summed E-state index contributed by atoms with van der Waals surface area (Å²) in [6, 6.07) is 6.17. The normalized spacial score (nSPS) is 12.9. The number of nitrogens with two attached hydrogens (primary N) is 1. The summed E-state index contributed by atoms with van der Waals surface area (Å²) in [7, 11) is -2.24. The number of methoxy groups -OCH3 is 1. The molecule has 0 aliphatic heterocycles. The van der Waals surface area contributed by atoms with Gasteiger partial charge in [-0.1, -0.05) is 0 Å². The Morgan fingerprint density at radius 1 is 1.35 bits per heavy atom. The van der Waals surface area contributed by atoms with Gasteiger partial charge in [-0.3, -0.25) is 0 Å². The van der Waals surface area contributed by atoms with Gasteiger partial charge >= 0.3 is 0 Å². The second-order valence-electron chi connectivity index (χ2n) is 4.33. The molecule has 1 unspecified atom stereocenters. The molecule has 0 saturated carbocycles. The van der Waals surface area contributed by atoms with Gasteiger partial charge in [-0.05, 0) is 31.2 Å². The molecule has 2 aromatic rings. The molecular formula is C13H16N2O4S. The number of benzene rings is 1. The van der Waals surface area contributed by atoms with Gasteiger partial charge in [0.1, 0.15) is 5.75 Å².